The molecule has 4 rings (SSSR count). The fourth-order valence-corrected chi connectivity index (χ4v) is 3.62. The predicted molar refractivity (Wildman–Crippen MR) is 129 cm³/mol. The van der Waals surface area contributed by atoms with E-state index in [0.29, 0.717) is 48.8 Å². The van der Waals surface area contributed by atoms with Gasteiger partial charge in [-0.25, -0.2) is 14.1 Å². The molecule has 0 aliphatic heterocycles. The zero-order valence-electron chi connectivity index (χ0n) is 19.3. The quantitative estimate of drug-likeness (QED) is 0.354. The highest BCUT2D eigenvalue weighted by molar-refractivity contribution is 5.76. The monoisotopic (exact) mass is 472 g/mol. The summed E-state index contributed by atoms with van der Waals surface area (Å²) in [5.41, 5.74) is 9.57. The molecule has 0 radical (unpaired) electrons. The van der Waals surface area contributed by atoms with E-state index in [2.05, 4.69) is 21.5 Å². The number of nitrogens with zero attached hydrogens (tertiary/aromatic N) is 4. The van der Waals surface area contributed by atoms with Gasteiger partial charge in [0.1, 0.15) is 23.3 Å². The minimum atomic E-state index is -0.370. The molecule has 2 aromatic heterocycles. The van der Waals surface area contributed by atoms with Crippen molar-refractivity contribution >= 4 is 11.7 Å². The van der Waals surface area contributed by atoms with Crippen LogP contribution in [0.1, 0.15) is 35.6 Å². The SMILES string of the molecule is Cc1ccc(-c2cnc(CCC(=O)NCCCc3nn(-c4ccc(F)cc4)c(N)c3C#N)o2)cc1. The maximum atomic E-state index is 13.2. The number of nitrogens with two attached hydrogens (primary N) is 1. The van der Waals surface area contributed by atoms with Gasteiger partial charge < -0.3 is 15.5 Å². The molecule has 178 valence electrons. The third kappa shape index (κ3) is 5.73. The average molecular weight is 473 g/mol. The van der Waals surface area contributed by atoms with Gasteiger partial charge in [-0.1, -0.05) is 29.8 Å². The van der Waals surface area contributed by atoms with Crippen molar-refractivity contribution in [3.05, 3.63) is 83.3 Å². The highest BCUT2D eigenvalue weighted by Gasteiger charge is 2.16. The molecule has 9 heteroatoms. The number of hydrogen-bond acceptors (Lipinski definition) is 6. The van der Waals surface area contributed by atoms with Gasteiger partial charge >= 0.3 is 0 Å². The van der Waals surface area contributed by atoms with Crippen LogP contribution in [0.4, 0.5) is 10.2 Å². The molecule has 0 atom stereocenters. The molecule has 8 nitrogen and oxygen atoms in total. The van der Waals surface area contributed by atoms with Crippen LogP contribution in [-0.4, -0.2) is 27.2 Å². The molecule has 3 N–H and O–H groups in total. The summed E-state index contributed by atoms with van der Waals surface area (Å²) in [6.07, 6.45) is 3.36. The molecule has 1 amide bonds. The zero-order chi connectivity index (χ0) is 24.8. The van der Waals surface area contributed by atoms with Gasteiger partial charge in [0, 0.05) is 24.9 Å². The maximum Gasteiger partial charge on any atom is 0.220 e. The Balaban J connectivity index is 1.25. The number of benzene rings is 2. The lowest BCUT2D eigenvalue weighted by molar-refractivity contribution is -0.121. The largest absolute Gasteiger partial charge is 0.441 e. The fraction of sp³-hybridized carbons (Fsp3) is 0.231. The number of anilines is 1. The van der Waals surface area contributed by atoms with Gasteiger partial charge in [0.25, 0.3) is 0 Å². The molecule has 0 fully saturated rings. The van der Waals surface area contributed by atoms with E-state index >= 15 is 0 Å². The van der Waals surface area contributed by atoms with Crippen molar-refractivity contribution in [3.8, 4) is 23.1 Å². The first-order valence-corrected chi connectivity index (χ1v) is 11.3. The third-order valence-corrected chi connectivity index (χ3v) is 5.54. The zero-order valence-corrected chi connectivity index (χ0v) is 19.3. The topological polar surface area (TPSA) is 123 Å². The number of nitrogens with one attached hydrogen (secondary N) is 1. The van der Waals surface area contributed by atoms with Crippen LogP contribution < -0.4 is 11.1 Å². The summed E-state index contributed by atoms with van der Waals surface area (Å²) in [6, 6.07) is 15.7. The Morgan fingerprint density at radius 1 is 1.17 bits per heavy atom. The second-order valence-electron chi connectivity index (χ2n) is 8.14. The molecular weight excluding hydrogens is 447 g/mol. The minimum Gasteiger partial charge on any atom is -0.441 e. The Kier molecular flexibility index (Phi) is 7.21. The van der Waals surface area contributed by atoms with Crippen molar-refractivity contribution in [1.29, 1.82) is 5.26 Å². The molecule has 0 saturated carbocycles. The predicted octanol–water partition coefficient (Wildman–Crippen LogP) is 4.11. The number of carbonyl (C=O) groups is 1. The van der Waals surface area contributed by atoms with Gasteiger partial charge in [-0.2, -0.15) is 10.4 Å². The van der Waals surface area contributed by atoms with Gasteiger partial charge in [0.05, 0.1) is 17.6 Å². The van der Waals surface area contributed by atoms with Crippen molar-refractivity contribution < 1.29 is 13.6 Å². The van der Waals surface area contributed by atoms with E-state index in [0.717, 1.165) is 5.56 Å². The van der Waals surface area contributed by atoms with Crippen LogP contribution in [0.2, 0.25) is 0 Å². The number of carbonyl (C=O) groups excluding carboxylic acids is 1. The Morgan fingerprint density at radius 2 is 1.91 bits per heavy atom. The van der Waals surface area contributed by atoms with Gasteiger partial charge in [-0.05, 0) is 44.0 Å². The first-order valence-electron chi connectivity index (χ1n) is 11.3. The van der Waals surface area contributed by atoms with E-state index in [1.165, 1.54) is 22.4 Å². The van der Waals surface area contributed by atoms with E-state index in [4.69, 9.17) is 10.2 Å². The van der Waals surface area contributed by atoms with Crippen molar-refractivity contribution in [2.24, 2.45) is 0 Å². The number of amides is 1. The van der Waals surface area contributed by atoms with E-state index < -0.39 is 0 Å². The number of aromatic nitrogens is 3. The summed E-state index contributed by atoms with van der Waals surface area (Å²) in [5, 5.41) is 16.8. The minimum absolute atomic E-state index is 0.114. The van der Waals surface area contributed by atoms with E-state index in [1.807, 2.05) is 31.2 Å². The number of hydrogen-bond donors (Lipinski definition) is 2. The number of nitrogen functional groups attached to an aromatic ring is 1. The van der Waals surface area contributed by atoms with Crippen LogP contribution in [-0.2, 0) is 17.6 Å². The molecule has 0 aliphatic carbocycles. The Hall–Kier alpha value is -4.45. The summed E-state index contributed by atoms with van der Waals surface area (Å²) < 4.78 is 20.4. The number of halogens is 1. The summed E-state index contributed by atoms with van der Waals surface area (Å²) >= 11 is 0. The van der Waals surface area contributed by atoms with Gasteiger partial charge in [-0.3, -0.25) is 4.79 Å². The van der Waals surface area contributed by atoms with Crippen LogP contribution in [0.15, 0.2) is 59.1 Å². The first kappa shape index (κ1) is 23.7. The average Bonchev–Trinajstić information content (AvgIpc) is 3.46. The molecule has 4 aromatic rings. The lowest BCUT2D eigenvalue weighted by Crippen LogP contribution is -2.25. The van der Waals surface area contributed by atoms with E-state index in [9.17, 15) is 14.4 Å². The van der Waals surface area contributed by atoms with Crippen LogP contribution in [0.3, 0.4) is 0 Å². The smallest absolute Gasteiger partial charge is 0.220 e. The molecule has 0 bridgehead atoms. The van der Waals surface area contributed by atoms with Gasteiger partial charge in [0.2, 0.25) is 5.91 Å². The Bertz CT molecular complexity index is 1350. The first-order chi connectivity index (χ1) is 16.9. The van der Waals surface area contributed by atoms with Crippen LogP contribution in [0, 0.1) is 24.1 Å². The Labute approximate surface area is 202 Å². The molecule has 0 spiro atoms. The molecule has 2 heterocycles. The van der Waals surface area contributed by atoms with Crippen LogP contribution in [0.5, 0.6) is 0 Å². The van der Waals surface area contributed by atoms with Crippen LogP contribution >= 0.6 is 0 Å². The number of nitriles is 1. The second-order valence-corrected chi connectivity index (χ2v) is 8.14. The Morgan fingerprint density at radius 3 is 2.63 bits per heavy atom. The lowest BCUT2D eigenvalue weighted by Gasteiger charge is -2.04. The number of oxazole rings is 1. The fourth-order valence-electron chi connectivity index (χ4n) is 3.62. The summed E-state index contributed by atoms with van der Waals surface area (Å²) in [6.45, 7) is 2.44. The standard InChI is InChI=1S/C26H25FN6O2/c1-17-4-6-18(7-5-17)23-16-31-25(35-23)13-12-24(34)30-14-2-3-22-21(15-28)26(29)33(32-22)20-10-8-19(27)9-11-20/h4-11,16H,2-3,12-14,29H2,1H3,(H,30,34). The molecule has 0 aliphatic rings. The van der Waals surface area contributed by atoms with E-state index in [1.54, 1.807) is 18.3 Å². The number of aryl methyl sites for hydroxylation is 3. The highest BCUT2D eigenvalue weighted by atomic mass is 19.1. The molecule has 0 saturated heterocycles. The van der Waals surface area contributed by atoms with Crippen molar-refractivity contribution in [1.82, 2.24) is 20.1 Å². The molecule has 0 unspecified atom stereocenters. The van der Waals surface area contributed by atoms with Gasteiger partial charge in [-0.15, -0.1) is 0 Å². The van der Waals surface area contributed by atoms with E-state index in [-0.39, 0.29) is 29.5 Å². The van der Waals surface area contributed by atoms with Gasteiger partial charge in [0.15, 0.2) is 11.7 Å². The summed E-state index contributed by atoms with van der Waals surface area (Å²) in [7, 11) is 0. The third-order valence-electron chi connectivity index (χ3n) is 5.54. The van der Waals surface area contributed by atoms with Crippen molar-refractivity contribution in [2.45, 2.75) is 32.6 Å². The highest BCUT2D eigenvalue weighted by Crippen LogP contribution is 2.22. The molecular formula is C26H25FN6O2. The van der Waals surface area contributed by atoms with Crippen molar-refractivity contribution in [2.75, 3.05) is 12.3 Å². The second kappa shape index (κ2) is 10.7. The van der Waals surface area contributed by atoms with Crippen molar-refractivity contribution in [3.63, 3.8) is 0 Å². The number of rotatable bonds is 9. The summed E-state index contributed by atoms with van der Waals surface area (Å²) in [4.78, 5) is 16.5. The molecule has 2 aromatic carbocycles. The maximum absolute atomic E-state index is 13.2. The lowest BCUT2D eigenvalue weighted by atomic mass is 10.1. The molecule has 35 heavy (non-hydrogen) atoms. The summed E-state index contributed by atoms with van der Waals surface area (Å²) in [5.74, 6) is 0.903. The normalized spacial score (nSPS) is 10.8. The van der Waals surface area contributed by atoms with Crippen LogP contribution in [0.25, 0.3) is 17.0 Å².